The summed E-state index contributed by atoms with van der Waals surface area (Å²) in [4.78, 5) is 2.37. The molecule has 0 amide bonds. The fourth-order valence-corrected chi connectivity index (χ4v) is 3.79. The summed E-state index contributed by atoms with van der Waals surface area (Å²) in [6, 6.07) is 16.0. The van der Waals surface area contributed by atoms with Gasteiger partial charge in [-0.2, -0.15) is 0 Å². The van der Waals surface area contributed by atoms with Crippen molar-refractivity contribution in [1.29, 1.82) is 0 Å². The molecule has 0 bridgehead atoms. The monoisotopic (exact) mass is 348 g/mol. The number of hydrogen-bond acceptors (Lipinski definition) is 1. The number of nitrogens with zero attached hydrogens (tertiary/aromatic N) is 2. The molecule has 3 rings (SSSR count). The Bertz CT molecular complexity index is 843. The first-order valence-corrected chi connectivity index (χ1v) is 9.99. The lowest BCUT2D eigenvalue weighted by Crippen LogP contribution is -2.20. The Morgan fingerprint density at radius 1 is 0.846 bits per heavy atom. The van der Waals surface area contributed by atoms with Crippen LogP contribution in [0.3, 0.4) is 0 Å². The molecule has 2 nitrogen and oxygen atoms in total. The molecule has 1 aromatic heterocycles. The molecule has 0 N–H and O–H groups in total. The van der Waals surface area contributed by atoms with E-state index in [1.807, 2.05) is 0 Å². The van der Waals surface area contributed by atoms with Gasteiger partial charge >= 0.3 is 0 Å². The van der Waals surface area contributed by atoms with Gasteiger partial charge in [0.05, 0.1) is 0 Å². The van der Waals surface area contributed by atoms with Crippen molar-refractivity contribution in [3.8, 4) is 0 Å². The van der Waals surface area contributed by atoms with E-state index in [4.69, 9.17) is 0 Å². The third kappa shape index (κ3) is 4.12. The van der Waals surface area contributed by atoms with Gasteiger partial charge in [0.25, 0.3) is 0 Å². The van der Waals surface area contributed by atoms with Gasteiger partial charge in [-0.05, 0) is 60.2 Å². The largest absolute Gasteiger partial charge is 0.374 e. The van der Waals surface area contributed by atoms with Crippen LogP contribution in [0, 0.1) is 0 Å². The van der Waals surface area contributed by atoms with E-state index in [2.05, 4.69) is 86.1 Å². The molecule has 2 aromatic carbocycles. The van der Waals surface area contributed by atoms with Crippen molar-refractivity contribution in [3.63, 3.8) is 0 Å². The maximum atomic E-state index is 2.40. The van der Waals surface area contributed by atoms with Crippen LogP contribution in [0.4, 0.5) is 5.69 Å². The molecule has 0 atom stereocenters. The molecule has 0 saturated carbocycles. The number of fused-ring (bicyclic) bond motifs is 1. The molecule has 3 aromatic rings. The Morgan fingerprint density at radius 3 is 2.19 bits per heavy atom. The minimum absolute atomic E-state index is 1.03. The first kappa shape index (κ1) is 18.6. The zero-order valence-electron chi connectivity index (χ0n) is 16.8. The summed E-state index contributed by atoms with van der Waals surface area (Å²) in [5.74, 6) is 0. The molecule has 0 aliphatic heterocycles. The topological polar surface area (TPSA) is 8.17 Å². The molecule has 2 heteroatoms. The van der Waals surface area contributed by atoms with E-state index < -0.39 is 0 Å². The van der Waals surface area contributed by atoms with Gasteiger partial charge in [-0.3, -0.25) is 0 Å². The molecule has 138 valence electrons. The Morgan fingerprint density at radius 2 is 1.50 bits per heavy atom. The van der Waals surface area contributed by atoms with Gasteiger partial charge in [0.1, 0.15) is 0 Å². The summed E-state index contributed by atoms with van der Waals surface area (Å²) in [6.45, 7) is 5.51. The maximum absolute atomic E-state index is 2.40. The molecule has 0 spiro atoms. The summed E-state index contributed by atoms with van der Waals surface area (Å²) < 4.78 is 2.26. The maximum Gasteiger partial charge on any atom is 0.0480 e. The summed E-state index contributed by atoms with van der Waals surface area (Å²) in [5.41, 5.74) is 6.98. The molecule has 0 radical (unpaired) electrons. The van der Waals surface area contributed by atoms with Crippen LogP contribution in [0.25, 0.3) is 10.9 Å². The van der Waals surface area contributed by atoms with Crippen LogP contribution in [-0.4, -0.2) is 18.2 Å². The summed E-state index contributed by atoms with van der Waals surface area (Å²) in [7, 11) is 4.35. The van der Waals surface area contributed by atoms with Gasteiger partial charge in [-0.15, -0.1) is 0 Å². The van der Waals surface area contributed by atoms with Gasteiger partial charge < -0.3 is 9.47 Å². The number of rotatable bonds is 8. The fourth-order valence-electron chi connectivity index (χ4n) is 3.79. The summed E-state index contributed by atoms with van der Waals surface area (Å²) in [5, 5.41) is 1.42. The second-order valence-electron chi connectivity index (χ2n) is 7.45. The van der Waals surface area contributed by atoms with Gasteiger partial charge in [-0.1, -0.05) is 44.9 Å². The number of aryl methyl sites for hydroxylation is 3. The second kappa shape index (κ2) is 8.44. The molecule has 0 unspecified atom stereocenters. The Hall–Kier alpha value is -2.22. The summed E-state index contributed by atoms with van der Waals surface area (Å²) in [6.07, 6.45) is 8.10. The van der Waals surface area contributed by atoms with Crippen LogP contribution in [0.2, 0.25) is 0 Å². The highest BCUT2D eigenvalue weighted by Gasteiger charge is 2.09. The van der Waals surface area contributed by atoms with Crippen molar-refractivity contribution in [2.24, 2.45) is 7.05 Å². The van der Waals surface area contributed by atoms with Gasteiger partial charge in [0, 0.05) is 43.4 Å². The Kier molecular flexibility index (Phi) is 6.03. The minimum Gasteiger partial charge on any atom is -0.374 e. The van der Waals surface area contributed by atoms with Crippen molar-refractivity contribution in [2.75, 3.05) is 18.5 Å². The SMILES string of the molecule is CCCc1ccc(N(C)CCc2cn(C)c3ccc(CCC)cc23)cc1. The van der Waals surface area contributed by atoms with E-state index in [1.165, 1.54) is 52.5 Å². The number of hydrogen-bond donors (Lipinski definition) is 0. The molecule has 0 aliphatic rings. The van der Waals surface area contributed by atoms with E-state index >= 15 is 0 Å². The lowest BCUT2D eigenvalue weighted by molar-refractivity contribution is 0.868. The predicted molar refractivity (Wildman–Crippen MR) is 114 cm³/mol. The molecule has 1 heterocycles. The highest BCUT2D eigenvalue weighted by atomic mass is 15.1. The third-order valence-corrected chi connectivity index (χ3v) is 5.31. The predicted octanol–water partition coefficient (Wildman–Crippen LogP) is 5.76. The van der Waals surface area contributed by atoms with E-state index in [1.54, 1.807) is 0 Å². The number of anilines is 1. The lowest BCUT2D eigenvalue weighted by Gasteiger charge is -2.19. The number of aromatic nitrogens is 1. The number of likely N-dealkylation sites (N-methyl/N-ethyl adjacent to an activating group) is 1. The van der Waals surface area contributed by atoms with Gasteiger partial charge in [-0.25, -0.2) is 0 Å². The lowest BCUT2D eigenvalue weighted by atomic mass is 10.0. The van der Waals surface area contributed by atoms with Crippen molar-refractivity contribution in [2.45, 2.75) is 46.0 Å². The average Bonchev–Trinajstić information content (AvgIpc) is 2.96. The first-order chi connectivity index (χ1) is 12.6. The van der Waals surface area contributed by atoms with E-state index in [9.17, 15) is 0 Å². The smallest absolute Gasteiger partial charge is 0.0480 e. The first-order valence-electron chi connectivity index (χ1n) is 9.99. The highest BCUT2D eigenvalue weighted by molar-refractivity contribution is 5.84. The Labute approximate surface area is 158 Å². The molecule has 0 fully saturated rings. The molecule has 26 heavy (non-hydrogen) atoms. The van der Waals surface area contributed by atoms with Crippen molar-refractivity contribution < 1.29 is 0 Å². The van der Waals surface area contributed by atoms with Crippen LogP contribution < -0.4 is 4.90 Å². The zero-order chi connectivity index (χ0) is 18.5. The number of benzene rings is 2. The van der Waals surface area contributed by atoms with Crippen LogP contribution in [-0.2, 0) is 26.3 Å². The average molecular weight is 349 g/mol. The van der Waals surface area contributed by atoms with Crippen molar-refractivity contribution >= 4 is 16.6 Å². The zero-order valence-corrected chi connectivity index (χ0v) is 16.8. The highest BCUT2D eigenvalue weighted by Crippen LogP contribution is 2.24. The Balaban J connectivity index is 1.73. The minimum atomic E-state index is 1.03. The van der Waals surface area contributed by atoms with Crippen LogP contribution >= 0.6 is 0 Å². The van der Waals surface area contributed by atoms with Crippen LogP contribution in [0.15, 0.2) is 48.7 Å². The van der Waals surface area contributed by atoms with Gasteiger partial charge in [0.2, 0.25) is 0 Å². The second-order valence-corrected chi connectivity index (χ2v) is 7.45. The van der Waals surface area contributed by atoms with Crippen molar-refractivity contribution in [3.05, 3.63) is 65.4 Å². The normalized spacial score (nSPS) is 11.2. The van der Waals surface area contributed by atoms with Gasteiger partial charge in [0.15, 0.2) is 0 Å². The fraction of sp³-hybridized carbons (Fsp3) is 0.417. The quantitative estimate of drug-likeness (QED) is 0.502. The standard InChI is InChI=1S/C24H32N2/c1-5-7-19-9-12-22(13-10-19)25(3)16-15-21-18-26(4)24-14-11-20(8-6-2)17-23(21)24/h9-14,17-18H,5-8,15-16H2,1-4H3. The molecule has 0 aliphatic carbocycles. The van der Waals surface area contributed by atoms with Crippen LogP contribution in [0.1, 0.15) is 43.4 Å². The third-order valence-electron chi connectivity index (χ3n) is 5.31. The summed E-state index contributed by atoms with van der Waals surface area (Å²) >= 11 is 0. The van der Waals surface area contributed by atoms with Crippen LogP contribution in [0.5, 0.6) is 0 Å². The van der Waals surface area contributed by atoms with E-state index in [0.29, 0.717) is 0 Å². The van der Waals surface area contributed by atoms with Crippen molar-refractivity contribution in [1.82, 2.24) is 4.57 Å². The molecular weight excluding hydrogens is 316 g/mol. The van der Waals surface area contributed by atoms with E-state index in [0.717, 1.165) is 19.4 Å². The van der Waals surface area contributed by atoms with E-state index in [-0.39, 0.29) is 0 Å². The molecule has 0 saturated heterocycles. The molecular formula is C24H32N2.